The molecule has 0 bridgehead atoms. The van der Waals surface area contributed by atoms with Crippen molar-refractivity contribution in [1.82, 2.24) is 0 Å². The first-order chi connectivity index (χ1) is 24.3. The Balaban J connectivity index is 2.09. The summed E-state index contributed by atoms with van der Waals surface area (Å²) in [4.78, 5) is 25.4. The largest absolute Gasteiger partial charge is 0.508 e. The van der Waals surface area contributed by atoms with Crippen LogP contribution in [0.25, 0.3) is 0 Å². The Morgan fingerprint density at radius 1 is 0.846 bits per heavy atom. The second kappa shape index (κ2) is 20.4. The van der Waals surface area contributed by atoms with Crippen LogP contribution >= 0.6 is 0 Å². The molecule has 0 aromatic rings. The lowest BCUT2D eigenvalue weighted by Crippen LogP contribution is -2.36. The van der Waals surface area contributed by atoms with Crippen LogP contribution in [0.15, 0.2) is 106 Å². The van der Waals surface area contributed by atoms with Crippen LogP contribution in [0, 0.1) is 28.1 Å². The molecule has 284 valence electrons. The smallest absolute Gasteiger partial charge is 0.306 e. The van der Waals surface area contributed by atoms with Gasteiger partial charge < -0.3 is 20.1 Å². The van der Waals surface area contributed by atoms with E-state index in [4.69, 9.17) is 4.74 Å². The van der Waals surface area contributed by atoms with Crippen molar-refractivity contribution in [3.05, 3.63) is 106 Å². The molecule has 0 unspecified atom stereocenters. The van der Waals surface area contributed by atoms with E-state index in [1.54, 1.807) is 13.0 Å². The predicted molar refractivity (Wildman–Crippen MR) is 214 cm³/mol. The molecule has 0 radical (unpaired) electrons. The molecule has 0 aromatic carbocycles. The van der Waals surface area contributed by atoms with Crippen LogP contribution in [-0.4, -0.2) is 45.9 Å². The maximum absolute atomic E-state index is 13.1. The Morgan fingerprint density at radius 2 is 1.46 bits per heavy atom. The Labute approximate surface area is 314 Å². The van der Waals surface area contributed by atoms with E-state index in [9.17, 15) is 24.9 Å². The first-order valence-electron chi connectivity index (χ1n) is 18.7. The summed E-state index contributed by atoms with van der Waals surface area (Å²) < 4.78 is 5.57. The average molecular weight is 713 g/mol. The van der Waals surface area contributed by atoms with Crippen molar-refractivity contribution in [1.29, 1.82) is 0 Å². The molecule has 0 spiro atoms. The van der Waals surface area contributed by atoms with E-state index in [0.29, 0.717) is 43.3 Å². The number of aliphatic hydroxyl groups excluding tert-OH is 3. The zero-order valence-corrected chi connectivity index (χ0v) is 33.4. The summed E-state index contributed by atoms with van der Waals surface area (Å²) in [5.41, 5.74) is 4.16. The molecule has 3 atom stereocenters. The van der Waals surface area contributed by atoms with E-state index in [1.807, 2.05) is 96.2 Å². The zero-order chi connectivity index (χ0) is 39.1. The molecule has 2 aliphatic rings. The van der Waals surface area contributed by atoms with Crippen LogP contribution in [-0.2, 0) is 14.3 Å². The van der Waals surface area contributed by atoms with E-state index in [2.05, 4.69) is 32.6 Å². The number of hydrogen-bond donors (Lipinski definition) is 3. The third-order valence-electron chi connectivity index (χ3n) is 10.4. The minimum Gasteiger partial charge on any atom is -0.508 e. The molecular formula is C46H64O6. The summed E-state index contributed by atoms with van der Waals surface area (Å²) in [5, 5.41) is 31.0. The molecule has 52 heavy (non-hydrogen) atoms. The van der Waals surface area contributed by atoms with Gasteiger partial charge in [-0.3, -0.25) is 9.59 Å². The lowest BCUT2D eigenvalue weighted by atomic mass is 9.66. The number of hydrogen-bond acceptors (Lipinski definition) is 6. The van der Waals surface area contributed by atoms with Crippen molar-refractivity contribution in [3.8, 4) is 11.8 Å². The van der Waals surface area contributed by atoms with Gasteiger partial charge in [0.2, 0.25) is 0 Å². The molecule has 0 amide bonds. The monoisotopic (exact) mass is 712 g/mol. The van der Waals surface area contributed by atoms with Crippen LogP contribution in [0.5, 0.6) is 0 Å². The lowest BCUT2D eigenvalue weighted by Gasteiger charge is -2.35. The fourth-order valence-corrected chi connectivity index (χ4v) is 6.83. The van der Waals surface area contributed by atoms with Crippen molar-refractivity contribution < 1.29 is 29.6 Å². The Bertz CT molecular complexity index is 1620. The van der Waals surface area contributed by atoms with E-state index < -0.39 is 11.5 Å². The van der Waals surface area contributed by atoms with Gasteiger partial charge in [-0.05, 0) is 76.9 Å². The van der Waals surface area contributed by atoms with Crippen molar-refractivity contribution in [2.75, 3.05) is 6.61 Å². The molecule has 0 heterocycles. The van der Waals surface area contributed by atoms with Gasteiger partial charge in [0.05, 0.1) is 12.2 Å². The van der Waals surface area contributed by atoms with Gasteiger partial charge in [-0.15, -0.1) is 0 Å². The number of carbonyl (C=O) groups excluding carboxylic acids is 2. The number of rotatable bonds is 15. The molecule has 6 heteroatoms. The fourth-order valence-electron chi connectivity index (χ4n) is 6.83. The number of ketones is 1. The van der Waals surface area contributed by atoms with Gasteiger partial charge in [0.1, 0.15) is 12.4 Å². The highest BCUT2D eigenvalue weighted by molar-refractivity contribution is 5.96. The van der Waals surface area contributed by atoms with Gasteiger partial charge in [0.25, 0.3) is 0 Å². The maximum atomic E-state index is 13.1. The molecule has 1 saturated carbocycles. The molecule has 1 fully saturated rings. The summed E-state index contributed by atoms with van der Waals surface area (Å²) >= 11 is 0. The summed E-state index contributed by atoms with van der Waals surface area (Å²) in [6.45, 7) is 20.0. The molecule has 0 saturated heterocycles. The second-order valence-electron chi connectivity index (χ2n) is 16.1. The highest BCUT2D eigenvalue weighted by Crippen LogP contribution is 2.53. The summed E-state index contributed by atoms with van der Waals surface area (Å²) in [5.74, 6) is 6.16. The zero-order valence-electron chi connectivity index (χ0n) is 33.4. The van der Waals surface area contributed by atoms with Gasteiger partial charge in [0, 0.05) is 34.5 Å². The van der Waals surface area contributed by atoms with E-state index in [-0.39, 0.29) is 41.1 Å². The molecule has 2 aliphatic carbocycles. The number of unbranched alkanes of at least 4 members (excludes halogenated alkanes) is 2. The van der Waals surface area contributed by atoms with Crippen molar-refractivity contribution in [3.63, 3.8) is 0 Å². The Hall–Kier alpha value is -3.92. The first-order valence-corrected chi connectivity index (χ1v) is 18.7. The molecular weight excluding hydrogens is 649 g/mol. The third kappa shape index (κ3) is 13.9. The molecule has 3 N–H and O–H groups in total. The third-order valence-corrected chi connectivity index (χ3v) is 10.4. The van der Waals surface area contributed by atoms with Crippen molar-refractivity contribution >= 4 is 11.8 Å². The number of carbonyl (C=O) groups is 2. The number of allylic oxidation sites excluding steroid dienone is 15. The molecule has 2 rings (SSSR count). The molecule has 0 aliphatic heterocycles. The fraction of sp³-hybridized carbons (Fsp3) is 0.522. The van der Waals surface area contributed by atoms with E-state index >= 15 is 0 Å². The Morgan fingerprint density at radius 3 is 2.02 bits per heavy atom. The molecule has 0 aromatic heterocycles. The highest BCUT2D eigenvalue weighted by atomic mass is 16.5. The van der Waals surface area contributed by atoms with Crippen LogP contribution in [0.3, 0.4) is 0 Å². The van der Waals surface area contributed by atoms with Crippen LogP contribution in [0.2, 0.25) is 0 Å². The number of esters is 1. The SMILES string of the molecule is CCCCCC(=O)OC\C(C#CC1=C(C)C[C@@H](O)CC1(C)C)=C/C=C/C(C)=C/C=C/C=C(C)/C=C/C=C(C)/C(O)=C/C(=O)[C@]1(C)C[C@@H](O)CC1(C)C. The van der Waals surface area contributed by atoms with Gasteiger partial charge in [0.15, 0.2) is 5.78 Å². The maximum Gasteiger partial charge on any atom is 0.306 e. The Kier molecular flexibility index (Phi) is 17.3. The first kappa shape index (κ1) is 44.2. The van der Waals surface area contributed by atoms with Crippen molar-refractivity contribution in [2.24, 2.45) is 16.2 Å². The quantitative estimate of drug-likeness (QED) is 0.0390. The standard InChI is InChI=1S/C46H64O6/c1-11-12-13-24-43(51)52-32-37(25-26-40-36(5)27-38(47)29-44(40,6)7)23-17-21-34(3)19-15-14-18-33(2)20-16-22-35(4)41(49)28-42(50)46(10)31-39(48)30-45(46,8)9/h14-23,28,38-39,47-49H,11-13,24,27,29-32H2,1-10H3/b15-14+,20-16+,21-17+,33-18+,34-19+,35-22+,37-23-,41-28-/t38-,39+,46+/m1/s1. The highest BCUT2D eigenvalue weighted by Gasteiger charge is 2.53. The normalized spacial score (nSPS) is 24.6. The predicted octanol–water partition coefficient (Wildman–Crippen LogP) is 10.2. The average Bonchev–Trinajstić information content (AvgIpc) is 3.26. The van der Waals surface area contributed by atoms with Crippen LogP contribution < -0.4 is 0 Å². The topological polar surface area (TPSA) is 104 Å². The van der Waals surface area contributed by atoms with E-state index in [1.165, 1.54) is 6.08 Å². The summed E-state index contributed by atoms with van der Waals surface area (Å²) in [7, 11) is 0. The minimum absolute atomic E-state index is 0.0675. The number of ether oxygens (including phenoxy) is 1. The number of aliphatic hydroxyl groups is 3. The van der Waals surface area contributed by atoms with Gasteiger partial charge in [-0.25, -0.2) is 0 Å². The van der Waals surface area contributed by atoms with Crippen LogP contribution in [0.4, 0.5) is 0 Å². The van der Waals surface area contributed by atoms with Gasteiger partial charge >= 0.3 is 5.97 Å². The molecule has 6 nitrogen and oxygen atoms in total. The summed E-state index contributed by atoms with van der Waals surface area (Å²) in [6, 6.07) is 0. The summed E-state index contributed by atoms with van der Waals surface area (Å²) in [6.07, 6.45) is 25.1. The van der Waals surface area contributed by atoms with Crippen molar-refractivity contribution in [2.45, 2.75) is 133 Å². The van der Waals surface area contributed by atoms with Crippen LogP contribution in [0.1, 0.15) is 121 Å². The van der Waals surface area contributed by atoms with E-state index in [0.717, 1.165) is 41.6 Å². The second-order valence-corrected chi connectivity index (χ2v) is 16.1. The minimum atomic E-state index is -0.723. The van der Waals surface area contributed by atoms with Gasteiger partial charge in [-0.1, -0.05) is 138 Å². The lowest BCUT2D eigenvalue weighted by molar-refractivity contribution is -0.142. The van der Waals surface area contributed by atoms with Gasteiger partial charge in [-0.2, -0.15) is 0 Å².